The smallest absolute Gasteiger partial charge is 0.409 e. The van der Waals surface area contributed by atoms with Crippen LogP contribution >= 0.6 is 11.6 Å². The van der Waals surface area contributed by atoms with Gasteiger partial charge in [-0.25, -0.2) is 4.79 Å². The highest BCUT2D eigenvalue weighted by Gasteiger charge is 2.28. The fourth-order valence-corrected chi connectivity index (χ4v) is 4.05. The van der Waals surface area contributed by atoms with E-state index in [-0.39, 0.29) is 24.0 Å². The van der Waals surface area contributed by atoms with Gasteiger partial charge in [-0.2, -0.15) is 0 Å². The maximum Gasteiger partial charge on any atom is 0.409 e. The number of halogens is 1. The van der Waals surface area contributed by atoms with Crippen LogP contribution in [0.5, 0.6) is 0 Å². The van der Waals surface area contributed by atoms with Crippen LogP contribution in [0, 0.1) is 5.92 Å². The van der Waals surface area contributed by atoms with Gasteiger partial charge in [0.25, 0.3) is 5.91 Å². The van der Waals surface area contributed by atoms with E-state index < -0.39 is 0 Å². The Bertz CT molecular complexity index is 862. The summed E-state index contributed by atoms with van der Waals surface area (Å²) in [7, 11) is 0. The van der Waals surface area contributed by atoms with Gasteiger partial charge in [-0.3, -0.25) is 4.79 Å². The van der Waals surface area contributed by atoms with Crippen molar-refractivity contribution in [2.24, 2.45) is 5.92 Å². The SMILES string of the molecule is O=C(N[C@H]1CCC(COC(=O)N2CCOCC2)C1)c1cc2cc(Cl)ccc2[nH]1. The molecule has 2 aromatic rings. The molecule has 2 fully saturated rings. The minimum absolute atomic E-state index is 0.0922. The molecule has 1 aromatic carbocycles. The lowest BCUT2D eigenvalue weighted by Crippen LogP contribution is -2.41. The van der Waals surface area contributed by atoms with Gasteiger partial charge in [0, 0.05) is 35.1 Å². The summed E-state index contributed by atoms with van der Waals surface area (Å²) in [5, 5.41) is 4.64. The molecule has 1 saturated carbocycles. The molecule has 2 atom stereocenters. The van der Waals surface area contributed by atoms with E-state index in [1.165, 1.54) is 0 Å². The summed E-state index contributed by atoms with van der Waals surface area (Å²) in [5.74, 6) is 0.153. The first-order valence-corrected chi connectivity index (χ1v) is 10.0. The van der Waals surface area contributed by atoms with Crippen molar-refractivity contribution in [1.82, 2.24) is 15.2 Å². The van der Waals surface area contributed by atoms with Crippen LogP contribution in [0.1, 0.15) is 29.8 Å². The second-order valence-corrected chi connectivity index (χ2v) is 7.88. The molecule has 2 N–H and O–H groups in total. The number of ether oxygens (including phenoxy) is 2. The Labute approximate surface area is 168 Å². The Morgan fingerprint density at radius 3 is 2.89 bits per heavy atom. The Balaban J connectivity index is 1.25. The van der Waals surface area contributed by atoms with Crippen LogP contribution in [-0.4, -0.2) is 60.8 Å². The highest BCUT2D eigenvalue weighted by atomic mass is 35.5. The molecule has 150 valence electrons. The third kappa shape index (κ3) is 4.42. The average molecular weight is 406 g/mol. The van der Waals surface area contributed by atoms with Crippen molar-refractivity contribution in [3.8, 4) is 0 Å². The molecule has 0 radical (unpaired) electrons. The highest BCUT2D eigenvalue weighted by molar-refractivity contribution is 6.31. The van der Waals surface area contributed by atoms with E-state index in [1.54, 1.807) is 11.0 Å². The van der Waals surface area contributed by atoms with Gasteiger partial charge in [0.1, 0.15) is 5.69 Å². The lowest BCUT2D eigenvalue weighted by atomic mass is 10.1. The van der Waals surface area contributed by atoms with Gasteiger partial charge in [0.05, 0.1) is 19.8 Å². The Kier molecular flexibility index (Phi) is 5.73. The molecule has 0 spiro atoms. The van der Waals surface area contributed by atoms with Crippen molar-refractivity contribution >= 4 is 34.5 Å². The second-order valence-electron chi connectivity index (χ2n) is 7.44. The number of nitrogens with one attached hydrogen (secondary N) is 2. The van der Waals surface area contributed by atoms with E-state index >= 15 is 0 Å². The average Bonchev–Trinajstić information content (AvgIpc) is 3.33. The number of morpholine rings is 1. The number of hydrogen-bond donors (Lipinski definition) is 2. The number of H-pyrrole nitrogens is 1. The number of nitrogens with zero attached hydrogens (tertiary/aromatic N) is 1. The zero-order valence-corrected chi connectivity index (χ0v) is 16.3. The van der Waals surface area contributed by atoms with Crippen molar-refractivity contribution < 1.29 is 19.1 Å². The third-order valence-electron chi connectivity index (χ3n) is 5.42. The molecule has 28 heavy (non-hydrogen) atoms. The minimum atomic E-state index is -0.271. The second kappa shape index (κ2) is 8.41. The van der Waals surface area contributed by atoms with Crippen molar-refractivity contribution in [3.63, 3.8) is 0 Å². The van der Waals surface area contributed by atoms with Gasteiger partial charge < -0.3 is 24.7 Å². The molecule has 7 nitrogen and oxygen atoms in total. The number of aromatic amines is 1. The maximum atomic E-state index is 12.6. The van der Waals surface area contributed by atoms with Crippen molar-refractivity contribution in [2.75, 3.05) is 32.9 Å². The first-order valence-electron chi connectivity index (χ1n) is 9.67. The van der Waals surface area contributed by atoms with E-state index in [2.05, 4.69) is 10.3 Å². The number of carbonyl (C=O) groups is 2. The molecular formula is C20H24ClN3O4. The van der Waals surface area contributed by atoms with Gasteiger partial charge in [-0.15, -0.1) is 0 Å². The lowest BCUT2D eigenvalue weighted by Gasteiger charge is -2.26. The molecule has 1 aromatic heterocycles. The van der Waals surface area contributed by atoms with Crippen molar-refractivity contribution in [2.45, 2.75) is 25.3 Å². The highest BCUT2D eigenvalue weighted by Crippen LogP contribution is 2.27. The first-order chi connectivity index (χ1) is 13.6. The van der Waals surface area contributed by atoms with Gasteiger partial charge in [0.15, 0.2) is 0 Å². The van der Waals surface area contributed by atoms with Crippen molar-refractivity contribution in [3.05, 3.63) is 35.0 Å². The number of aromatic nitrogens is 1. The number of fused-ring (bicyclic) bond motifs is 1. The van der Waals surface area contributed by atoms with E-state index in [0.29, 0.717) is 43.6 Å². The summed E-state index contributed by atoms with van der Waals surface area (Å²) >= 11 is 6.00. The third-order valence-corrected chi connectivity index (χ3v) is 5.65. The number of hydrogen-bond acceptors (Lipinski definition) is 4. The maximum absolute atomic E-state index is 12.6. The van der Waals surface area contributed by atoms with Crippen LogP contribution in [0.2, 0.25) is 5.02 Å². The molecular weight excluding hydrogens is 382 g/mol. The normalized spacial score (nSPS) is 22.4. The quantitative estimate of drug-likeness (QED) is 0.818. The largest absolute Gasteiger partial charge is 0.449 e. The molecule has 1 saturated heterocycles. The molecule has 1 unspecified atom stereocenters. The van der Waals surface area contributed by atoms with Gasteiger partial charge in [-0.05, 0) is 49.4 Å². The first kappa shape index (κ1) is 19.1. The molecule has 0 bridgehead atoms. The fraction of sp³-hybridized carbons (Fsp3) is 0.500. The molecule has 2 heterocycles. The van der Waals surface area contributed by atoms with E-state index in [1.807, 2.05) is 18.2 Å². The van der Waals surface area contributed by atoms with Gasteiger partial charge in [0.2, 0.25) is 0 Å². The molecule has 2 amide bonds. The number of carbonyl (C=O) groups excluding carboxylic acids is 2. The van der Waals surface area contributed by atoms with Gasteiger partial charge >= 0.3 is 6.09 Å². The standard InChI is InChI=1S/C20H24ClN3O4/c21-15-2-4-17-14(10-15)11-18(23-17)19(25)22-16-3-1-13(9-16)12-28-20(26)24-5-7-27-8-6-24/h2,4,10-11,13,16,23H,1,3,5-9,12H2,(H,22,25)/t13?,16-/m0/s1. The lowest BCUT2D eigenvalue weighted by molar-refractivity contribution is 0.0230. The number of amides is 2. The number of benzene rings is 1. The molecule has 2 aliphatic rings. The van der Waals surface area contributed by atoms with Crippen LogP contribution in [0.15, 0.2) is 24.3 Å². The predicted molar refractivity (Wildman–Crippen MR) is 106 cm³/mol. The van der Waals surface area contributed by atoms with Crippen LogP contribution in [-0.2, 0) is 9.47 Å². The molecule has 4 rings (SSSR count). The zero-order chi connectivity index (χ0) is 19.5. The minimum Gasteiger partial charge on any atom is -0.449 e. The monoisotopic (exact) mass is 405 g/mol. The molecule has 8 heteroatoms. The molecule has 1 aliphatic heterocycles. The van der Waals surface area contributed by atoms with Crippen LogP contribution < -0.4 is 5.32 Å². The summed E-state index contributed by atoms with van der Waals surface area (Å²) < 4.78 is 10.7. The van der Waals surface area contributed by atoms with Gasteiger partial charge in [-0.1, -0.05) is 11.6 Å². The zero-order valence-electron chi connectivity index (χ0n) is 15.6. The Morgan fingerprint density at radius 1 is 1.25 bits per heavy atom. The van der Waals surface area contributed by atoms with Crippen LogP contribution in [0.4, 0.5) is 4.79 Å². The molecule has 1 aliphatic carbocycles. The summed E-state index contributed by atoms with van der Waals surface area (Å²) in [6.45, 7) is 2.68. The number of rotatable bonds is 4. The Hall–Kier alpha value is -2.25. The summed E-state index contributed by atoms with van der Waals surface area (Å²) in [6.07, 6.45) is 2.36. The van der Waals surface area contributed by atoms with E-state index in [0.717, 1.165) is 30.2 Å². The van der Waals surface area contributed by atoms with E-state index in [9.17, 15) is 9.59 Å². The van der Waals surface area contributed by atoms with E-state index in [4.69, 9.17) is 21.1 Å². The summed E-state index contributed by atoms with van der Waals surface area (Å²) in [5.41, 5.74) is 1.41. The summed E-state index contributed by atoms with van der Waals surface area (Å²) in [4.78, 5) is 29.4. The Morgan fingerprint density at radius 2 is 2.07 bits per heavy atom. The summed E-state index contributed by atoms with van der Waals surface area (Å²) in [6, 6.07) is 7.39. The predicted octanol–water partition coefficient (Wildman–Crippen LogP) is 3.19. The van der Waals surface area contributed by atoms with Crippen LogP contribution in [0.3, 0.4) is 0 Å². The van der Waals surface area contributed by atoms with Crippen molar-refractivity contribution in [1.29, 1.82) is 0 Å². The fourth-order valence-electron chi connectivity index (χ4n) is 3.87. The van der Waals surface area contributed by atoms with Crippen LogP contribution in [0.25, 0.3) is 10.9 Å². The topological polar surface area (TPSA) is 83.7 Å².